The van der Waals surface area contributed by atoms with Crippen molar-refractivity contribution in [1.29, 1.82) is 0 Å². The quantitative estimate of drug-likeness (QED) is 0.408. The minimum absolute atomic E-state index is 0. The maximum absolute atomic E-state index is 5.91. The topological polar surface area (TPSA) is 52.8 Å². The molecule has 1 aromatic carbocycles. The lowest BCUT2D eigenvalue weighted by molar-refractivity contribution is 0.278. The molecule has 0 atom stereocenters. The van der Waals surface area contributed by atoms with E-state index in [9.17, 15) is 0 Å². The molecule has 0 aliphatic carbocycles. The summed E-state index contributed by atoms with van der Waals surface area (Å²) in [5, 5.41) is 7.82. The highest BCUT2D eigenvalue weighted by Crippen LogP contribution is 2.24. The third-order valence-electron chi connectivity index (χ3n) is 4.22. The lowest BCUT2D eigenvalue weighted by atomic mass is 10.1. The molecular formula is C18H29IN4O. The highest BCUT2D eigenvalue weighted by Gasteiger charge is 2.10. The molecule has 0 fully saturated rings. The van der Waals surface area contributed by atoms with Crippen molar-refractivity contribution in [2.75, 3.05) is 27.2 Å². The Morgan fingerprint density at radius 1 is 1.25 bits per heavy atom. The van der Waals surface area contributed by atoms with E-state index < -0.39 is 0 Å². The second-order valence-electron chi connectivity index (χ2n) is 6.07. The van der Waals surface area contributed by atoms with E-state index in [1.807, 2.05) is 18.2 Å². The van der Waals surface area contributed by atoms with Crippen LogP contribution < -0.4 is 10.6 Å². The number of hydrogen-bond acceptors (Lipinski definition) is 3. The van der Waals surface area contributed by atoms with Crippen LogP contribution in [0.2, 0.25) is 0 Å². The van der Waals surface area contributed by atoms with E-state index in [4.69, 9.17) is 4.42 Å². The Morgan fingerprint density at radius 2 is 1.96 bits per heavy atom. The molecule has 1 heterocycles. The number of hydrogen-bond donors (Lipinski definition) is 2. The summed E-state index contributed by atoms with van der Waals surface area (Å²) in [6.45, 7) is 8.93. The van der Waals surface area contributed by atoms with E-state index in [0.29, 0.717) is 12.6 Å². The number of aryl methyl sites for hydroxylation is 1. The third kappa shape index (κ3) is 5.37. The zero-order valence-electron chi connectivity index (χ0n) is 15.2. The van der Waals surface area contributed by atoms with Crippen LogP contribution in [0.15, 0.2) is 33.7 Å². The van der Waals surface area contributed by atoms with Gasteiger partial charge in [0.2, 0.25) is 0 Å². The number of rotatable bonds is 6. The summed E-state index contributed by atoms with van der Waals surface area (Å²) < 4.78 is 5.91. The van der Waals surface area contributed by atoms with Crippen LogP contribution in [0.1, 0.15) is 25.2 Å². The molecule has 0 saturated carbocycles. The number of nitrogens with one attached hydrogen (secondary N) is 2. The number of halogens is 1. The van der Waals surface area contributed by atoms with Crippen molar-refractivity contribution in [3.63, 3.8) is 0 Å². The molecule has 0 saturated heterocycles. The van der Waals surface area contributed by atoms with Crippen LogP contribution in [0.3, 0.4) is 0 Å². The van der Waals surface area contributed by atoms with Crippen LogP contribution in [0.25, 0.3) is 11.0 Å². The van der Waals surface area contributed by atoms with Gasteiger partial charge in [-0.15, -0.1) is 24.0 Å². The minimum atomic E-state index is 0. The van der Waals surface area contributed by atoms with Crippen molar-refractivity contribution < 1.29 is 4.42 Å². The van der Waals surface area contributed by atoms with E-state index in [0.717, 1.165) is 30.4 Å². The molecule has 0 amide bonds. The summed E-state index contributed by atoms with van der Waals surface area (Å²) in [5.74, 6) is 1.75. The maximum Gasteiger partial charge on any atom is 0.191 e. The van der Waals surface area contributed by atoms with Crippen molar-refractivity contribution in [2.24, 2.45) is 4.99 Å². The molecule has 2 rings (SSSR count). The van der Waals surface area contributed by atoms with Crippen molar-refractivity contribution in [1.82, 2.24) is 15.5 Å². The molecule has 6 heteroatoms. The molecule has 0 spiro atoms. The second-order valence-corrected chi connectivity index (χ2v) is 6.07. The van der Waals surface area contributed by atoms with Crippen LogP contribution in [-0.2, 0) is 6.54 Å². The van der Waals surface area contributed by atoms with Gasteiger partial charge in [-0.05, 0) is 33.9 Å². The average Bonchev–Trinajstić information content (AvgIpc) is 2.87. The summed E-state index contributed by atoms with van der Waals surface area (Å²) in [6, 6.07) is 8.67. The molecular weight excluding hydrogens is 415 g/mol. The van der Waals surface area contributed by atoms with Crippen molar-refractivity contribution in [3.8, 4) is 0 Å². The highest BCUT2D eigenvalue weighted by atomic mass is 127. The Kier molecular flexibility index (Phi) is 8.55. The van der Waals surface area contributed by atoms with Gasteiger partial charge in [-0.2, -0.15) is 0 Å². The normalized spacial score (nSPS) is 11.9. The zero-order valence-corrected chi connectivity index (χ0v) is 17.5. The zero-order chi connectivity index (χ0) is 16.8. The van der Waals surface area contributed by atoms with Crippen molar-refractivity contribution >= 4 is 40.9 Å². The maximum atomic E-state index is 5.91. The Bertz CT molecular complexity index is 666. The van der Waals surface area contributed by atoms with E-state index in [1.54, 1.807) is 7.05 Å². The molecule has 2 aromatic rings. The van der Waals surface area contributed by atoms with E-state index in [-0.39, 0.29) is 24.0 Å². The smallest absolute Gasteiger partial charge is 0.191 e. The van der Waals surface area contributed by atoms with E-state index in [1.165, 1.54) is 10.9 Å². The standard InChI is InChI=1S/C18H28N4O.HI/c1-13(2)22(5)11-10-20-18(19-4)21-12-17-14(3)15-8-6-7-9-16(15)23-17;/h6-9,13H,10-12H2,1-5H3,(H2,19,20,21);1H. The number of benzene rings is 1. The van der Waals surface area contributed by atoms with Crippen LogP contribution in [0, 0.1) is 6.92 Å². The monoisotopic (exact) mass is 444 g/mol. The van der Waals surface area contributed by atoms with Gasteiger partial charge in [0.15, 0.2) is 5.96 Å². The van der Waals surface area contributed by atoms with Crippen molar-refractivity contribution in [2.45, 2.75) is 33.4 Å². The van der Waals surface area contributed by atoms with Gasteiger partial charge in [0.05, 0.1) is 6.54 Å². The average molecular weight is 444 g/mol. The number of aliphatic imine (C=N–C) groups is 1. The molecule has 0 aliphatic heterocycles. The Morgan fingerprint density at radius 3 is 2.58 bits per heavy atom. The molecule has 0 radical (unpaired) electrons. The fraction of sp³-hybridized carbons (Fsp3) is 0.500. The summed E-state index contributed by atoms with van der Waals surface area (Å²) in [7, 11) is 3.91. The first-order valence-electron chi connectivity index (χ1n) is 8.14. The fourth-order valence-corrected chi connectivity index (χ4v) is 2.39. The second kappa shape index (κ2) is 9.88. The fourth-order valence-electron chi connectivity index (χ4n) is 2.39. The van der Waals surface area contributed by atoms with Gasteiger partial charge in [-0.3, -0.25) is 4.99 Å². The van der Waals surface area contributed by atoms with Gasteiger partial charge in [0, 0.05) is 37.1 Å². The minimum Gasteiger partial charge on any atom is -0.459 e. The lowest BCUT2D eigenvalue weighted by Crippen LogP contribution is -2.41. The van der Waals surface area contributed by atoms with E-state index >= 15 is 0 Å². The predicted octanol–water partition coefficient (Wildman–Crippen LogP) is 3.36. The number of furan rings is 1. The molecule has 0 bridgehead atoms. The largest absolute Gasteiger partial charge is 0.459 e. The molecule has 134 valence electrons. The first-order valence-corrected chi connectivity index (χ1v) is 8.14. The first-order chi connectivity index (χ1) is 11.0. The Labute approximate surface area is 161 Å². The number of nitrogens with zero attached hydrogens (tertiary/aromatic N) is 2. The van der Waals surface area contributed by atoms with Gasteiger partial charge < -0.3 is 20.0 Å². The summed E-state index contributed by atoms with van der Waals surface area (Å²) in [5.41, 5.74) is 2.12. The van der Waals surface area contributed by atoms with Gasteiger partial charge >= 0.3 is 0 Å². The number of guanidine groups is 1. The van der Waals surface area contributed by atoms with Crippen LogP contribution in [0.4, 0.5) is 0 Å². The highest BCUT2D eigenvalue weighted by molar-refractivity contribution is 14.0. The summed E-state index contributed by atoms with van der Waals surface area (Å²) >= 11 is 0. The molecule has 0 aliphatic rings. The van der Waals surface area contributed by atoms with Gasteiger partial charge in [-0.25, -0.2) is 0 Å². The molecule has 2 N–H and O–H groups in total. The van der Waals surface area contributed by atoms with Crippen molar-refractivity contribution in [3.05, 3.63) is 35.6 Å². The first kappa shape index (κ1) is 20.8. The number of para-hydroxylation sites is 1. The van der Waals surface area contributed by atoms with Crippen LogP contribution >= 0.6 is 24.0 Å². The molecule has 0 unspecified atom stereocenters. The third-order valence-corrected chi connectivity index (χ3v) is 4.22. The Hall–Kier alpha value is -1.28. The summed E-state index contributed by atoms with van der Waals surface area (Å²) in [6.07, 6.45) is 0. The van der Waals surface area contributed by atoms with Gasteiger partial charge in [0.25, 0.3) is 0 Å². The van der Waals surface area contributed by atoms with Crippen LogP contribution in [0.5, 0.6) is 0 Å². The Balaban J connectivity index is 0.00000288. The summed E-state index contributed by atoms with van der Waals surface area (Å²) in [4.78, 5) is 6.56. The molecule has 5 nitrogen and oxygen atoms in total. The molecule has 24 heavy (non-hydrogen) atoms. The van der Waals surface area contributed by atoms with Gasteiger partial charge in [-0.1, -0.05) is 18.2 Å². The lowest BCUT2D eigenvalue weighted by Gasteiger charge is -2.21. The van der Waals surface area contributed by atoms with Crippen LogP contribution in [-0.4, -0.2) is 44.1 Å². The van der Waals surface area contributed by atoms with Gasteiger partial charge in [0.1, 0.15) is 11.3 Å². The predicted molar refractivity (Wildman–Crippen MR) is 112 cm³/mol. The van der Waals surface area contributed by atoms with E-state index in [2.05, 4.69) is 54.4 Å². The molecule has 1 aromatic heterocycles. The number of likely N-dealkylation sites (N-methyl/N-ethyl adjacent to an activating group) is 1. The SMILES string of the molecule is CN=C(NCCN(C)C(C)C)NCc1oc2ccccc2c1C.I. The number of fused-ring (bicyclic) bond motifs is 1.